The maximum absolute atomic E-state index is 9.98. The summed E-state index contributed by atoms with van der Waals surface area (Å²) in [6.07, 6.45) is 1.34. The van der Waals surface area contributed by atoms with E-state index < -0.39 is 11.2 Å². The van der Waals surface area contributed by atoms with E-state index in [1.54, 1.807) is 0 Å². The molecule has 6 heavy (non-hydrogen) atoms. The second kappa shape index (κ2) is 1.36. The third-order valence-electron chi connectivity index (χ3n) is 0.359. The standard InChI is InChI=1S/CH3N3OS/c5-6-3-1-2-4-6/h1,4H,(H,2,3). The summed E-state index contributed by atoms with van der Waals surface area (Å²) in [6, 6.07) is 0. The normalized spacial score (nSPS) is 30.3. The number of hydrogen-bond donors (Lipinski definition) is 2. The van der Waals surface area contributed by atoms with Gasteiger partial charge in [0.05, 0.1) is 0 Å². The van der Waals surface area contributed by atoms with Crippen molar-refractivity contribution in [1.82, 2.24) is 10.3 Å². The van der Waals surface area contributed by atoms with Gasteiger partial charge in [-0.2, -0.15) is 4.40 Å². The van der Waals surface area contributed by atoms with Crippen LogP contribution in [0.5, 0.6) is 0 Å². The van der Waals surface area contributed by atoms with E-state index in [1.165, 1.54) is 6.34 Å². The van der Waals surface area contributed by atoms with Crippen molar-refractivity contribution >= 4 is 17.5 Å². The number of rotatable bonds is 0. The van der Waals surface area contributed by atoms with Gasteiger partial charge in [0.2, 0.25) is 11.2 Å². The summed E-state index contributed by atoms with van der Waals surface area (Å²) in [5.41, 5.74) is 2.43. The van der Waals surface area contributed by atoms with Crippen LogP contribution in [0.25, 0.3) is 0 Å². The van der Waals surface area contributed by atoms with Gasteiger partial charge in [0.25, 0.3) is 0 Å². The van der Waals surface area contributed by atoms with E-state index >= 15 is 0 Å². The second-order valence-electron chi connectivity index (χ2n) is 0.730. The molecule has 1 heterocycles. The first-order valence-corrected chi connectivity index (χ1v) is 2.46. The number of nitrogens with zero attached hydrogens (tertiary/aromatic N) is 1. The van der Waals surface area contributed by atoms with Crippen LogP contribution in [0.4, 0.5) is 0 Å². The lowest BCUT2D eigenvalue weighted by atomic mass is 11.4. The van der Waals surface area contributed by atoms with Crippen molar-refractivity contribution < 1.29 is 4.21 Å². The summed E-state index contributed by atoms with van der Waals surface area (Å²) >= 11 is -1.21. The lowest BCUT2D eigenvalue weighted by Crippen LogP contribution is -2.23. The maximum atomic E-state index is 9.98. The van der Waals surface area contributed by atoms with Crippen LogP contribution in [0.15, 0.2) is 4.40 Å². The van der Waals surface area contributed by atoms with Crippen LogP contribution in [-0.4, -0.2) is 10.5 Å². The SMILES string of the molecule is O=S1N=CNN1. The number of hydrogen-bond acceptors (Lipinski definition) is 2. The minimum Gasteiger partial charge on any atom is -0.298 e. The Balaban J connectivity index is 2.59. The predicted octanol–water partition coefficient (Wildman–Crippen LogP) is -1.30. The van der Waals surface area contributed by atoms with E-state index in [2.05, 4.69) is 14.7 Å². The van der Waals surface area contributed by atoms with Crippen LogP contribution < -0.4 is 10.3 Å². The summed E-state index contributed by atoms with van der Waals surface area (Å²) in [7, 11) is 0. The Bertz CT molecular complexity index is 99.0. The van der Waals surface area contributed by atoms with Crippen molar-refractivity contribution in [2.24, 2.45) is 4.40 Å². The molecule has 1 unspecified atom stereocenters. The Labute approximate surface area is 37.3 Å². The topological polar surface area (TPSA) is 53.5 Å². The lowest BCUT2D eigenvalue weighted by molar-refractivity contribution is 0.675. The predicted molar refractivity (Wildman–Crippen MR) is 22.9 cm³/mol. The molecule has 0 spiro atoms. The van der Waals surface area contributed by atoms with Gasteiger partial charge in [-0.3, -0.25) is 5.43 Å². The van der Waals surface area contributed by atoms with E-state index in [9.17, 15) is 4.21 Å². The number of hydrazine groups is 1. The molecule has 0 radical (unpaired) electrons. The Hall–Kier alpha value is -0.420. The van der Waals surface area contributed by atoms with E-state index in [-0.39, 0.29) is 0 Å². The average molecular weight is 105 g/mol. The van der Waals surface area contributed by atoms with E-state index in [1.807, 2.05) is 0 Å². The van der Waals surface area contributed by atoms with Crippen LogP contribution in [0, 0.1) is 0 Å². The molecule has 4 nitrogen and oxygen atoms in total. The van der Waals surface area contributed by atoms with Gasteiger partial charge in [-0.1, -0.05) is 0 Å². The van der Waals surface area contributed by atoms with Crippen molar-refractivity contribution in [3.05, 3.63) is 0 Å². The fraction of sp³-hybridized carbons (Fsp3) is 0. The highest BCUT2D eigenvalue weighted by atomic mass is 32.2. The molecule has 34 valence electrons. The third kappa shape index (κ3) is 0.550. The first-order valence-electron chi connectivity index (χ1n) is 1.35. The van der Waals surface area contributed by atoms with E-state index in [0.717, 1.165) is 0 Å². The Morgan fingerprint density at radius 1 is 1.83 bits per heavy atom. The molecule has 0 amide bonds. The molecule has 1 aliphatic heterocycles. The molecular formula is CH3N3OS. The molecule has 0 aromatic rings. The van der Waals surface area contributed by atoms with Crippen LogP contribution in [0.2, 0.25) is 0 Å². The summed E-state index contributed by atoms with van der Waals surface area (Å²) in [6.45, 7) is 0. The van der Waals surface area contributed by atoms with Crippen LogP contribution in [-0.2, 0) is 11.2 Å². The molecule has 0 aromatic heterocycles. The summed E-state index contributed by atoms with van der Waals surface area (Å²) in [5, 5.41) is 0. The Morgan fingerprint density at radius 2 is 2.67 bits per heavy atom. The van der Waals surface area contributed by atoms with Gasteiger partial charge in [-0.15, -0.1) is 4.83 Å². The van der Waals surface area contributed by atoms with Gasteiger partial charge < -0.3 is 0 Å². The van der Waals surface area contributed by atoms with Crippen molar-refractivity contribution in [3.8, 4) is 0 Å². The lowest BCUT2D eigenvalue weighted by Gasteiger charge is -1.80. The molecule has 0 aliphatic carbocycles. The first kappa shape index (κ1) is 3.76. The Kier molecular flexibility index (Phi) is 0.849. The van der Waals surface area contributed by atoms with Crippen LogP contribution in [0.3, 0.4) is 0 Å². The zero-order valence-electron chi connectivity index (χ0n) is 2.84. The molecule has 0 fully saturated rings. The molecule has 1 atom stereocenters. The van der Waals surface area contributed by atoms with E-state index in [4.69, 9.17) is 0 Å². The molecule has 0 bridgehead atoms. The molecule has 5 heteroatoms. The molecule has 1 aliphatic rings. The molecule has 1 rings (SSSR count). The summed E-state index contributed by atoms with van der Waals surface area (Å²) in [4.78, 5) is 2.32. The molecule has 2 N–H and O–H groups in total. The van der Waals surface area contributed by atoms with Crippen LogP contribution >= 0.6 is 0 Å². The molecule has 0 aromatic carbocycles. The highest BCUT2D eigenvalue weighted by Gasteiger charge is 1.94. The van der Waals surface area contributed by atoms with Gasteiger partial charge in [-0.05, 0) is 0 Å². The first-order chi connectivity index (χ1) is 2.89. The fourth-order valence-electron chi connectivity index (χ4n) is 0.177. The minimum absolute atomic E-state index is 1.21. The fourth-order valence-corrected chi connectivity index (χ4v) is 0.532. The average Bonchev–Trinajstić information content (AvgIpc) is 1.86. The quantitative estimate of drug-likeness (QED) is 0.402. The molecule has 0 saturated heterocycles. The van der Waals surface area contributed by atoms with Gasteiger partial charge in [0.15, 0.2) is 0 Å². The van der Waals surface area contributed by atoms with Crippen molar-refractivity contribution in [2.75, 3.05) is 0 Å². The zero-order valence-corrected chi connectivity index (χ0v) is 3.66. The number of nitrogens with one attached hydrogen (secondary N) is 2. The zero-order chi connectivity index (χ0) is 4.41. The van der Waals surface area contributed by atoms with Gasteiger partial charge in [-0.25, -0.2) is 4.21 Å². The van der Waals surface area contributed by atoms with Gasteiger partial charge >= 0.3 is 0 Å². The van der Waals surface area contributed by atoms with Gasteiger partial charge in [0.1, 0.15) is 6.34 Å². The molecular weight excluding hydrogens is 102 g/mol. The monoisotopic (exact) mass is 105 g/mol. The van der Waals surface area contributed by atoms with Crippen LogP contribution in [0.1, 0.15) is 0 Å². The highest BCUT2D eigenvalue weighted by molar-refractivity contribution is 7.82. The van der Waals surface area contributed by atoms with Crippen molar-refractivity contribution in [1.29, 1.82) is 0 Å². The van der Waals surface area contributed by atoms with Crippen molar-refractivity contribution in [3.63, 3.8) is 0 Å². The van der Waals surface area contributed by atoms with Gasteiger partial charge in [0, 0.05) is 0 Å². The van der Waals surface area contributed by atoms with Crippen molar-refractivity contribution in [2.45, 2.75) is 0 Å². The Morgan fingerprint density at radius 3 is 2.83 bits per heavy atom. The third-order valence-corrected chi connectivity index (χ3v) is 0.949. The largest absolute Gasteiger partial charge is 0.298 e. The molecule has 0 saturated carbocycles. The highest BCUT2D eigenvalue weighted by Crippen LogP contribution is 1.74. The summed E-state index contributed by atoms with van der Waals surface area (Å²) in [5.74, 6) is 0. The second-order valence-corrected chi connectivity index (χ2v) is 1.64. The summed E-state index contributed by atoms with van der Waals surface area (Å²) < 4.78 is 13.3. The maximum Gasteiger partial charge on any atom is 0.236 e. The minimum atomic E-state index is -1.21. The smallest absolute Gasteiger partial charge is 0.236 e. The van der Waals surface area contributed by atoms with E-state index in [0.29, 0.717) is 0 Å².